The van der Waals surface area contributed by atoms with E-state index in [1.54, 1.807) is 17.8 Å². The largest absolute Gasteiger partial charge is 0.494 e. The highest BCUT2D eigenvalue weighted by molar-refractivity contribution is 7.99. The number of aryl methyl sites for hydroxylation is 1. The van der Waals surface area contributed by atoms with Gasteiger partial charge in [-0.05, 0) is 36.8 Å². The van der Waals surface area contributed by atoms with E-state index < -0.39 is 0 Å². The van der Waals surface area contributed by atoms with Crippen molar-refractivity contribution in [3.63, 3.8) is 0 Å². The molecule has 1 atom stereocenters. The second-order valence-corrected chi connectivity index (χ2v) is 5.72. The molecule has 0 aromatic heterocycles. The molecule has 20 heavy (non-hydrogen) atoms. The first-order chi connectivity index (χ1) is 9.60. The number of thioether (sulfide) groups is 1. The van der Waals surface area contributed by atoms with Gasteiger partial charge in [0, 0.05) is 16.7 Å². The molecule has 0 fully saturated rings. The van der Waals surface area contributed by atoms with E-state index in [0.29, 0.717) is 5.75 Å². The maximum Gasteiger partial charge on any atom is 0.165 e. The van der Waals surface area contributed by atoms with Gasteiger partial charge in [0.1, 0.15) is 0 Å². The molecule has 2 aromatic rings. The molecule has 4 heteroatoms. The van der Waals surface area contributed by atoms with E-state index in [9.17, 15) is 4.39 Å². The lowest BCUT2D eigenvalue weighted by Gasteiger charge is -2.13. The van der Waals surface area contributed by atoms with Crippen molar-refractivity contribution in [3.8, 4) is 5.75 Å². The second kappa shape index (κ2) is 6.77. The van der Waals surface area contributed by atoms with Gasteiger partial charge in [-0.2, -0.15) is 0 Å². The predicted molar refractivity (Wildman–Crippen MR) is 81.8 cm³/mol. The first-order valence-corrected chi connectivity index (χ1v) is 7.37. The number of nitrogens with two attached hydrogens (primary N) is 1. The Labute approximate surface area is 123 Å². The van der Waals surface area contributed by atoms with Crippen LogP contribution in [0.3, 0.4) is 0 Å². The van der Waals surface area contributed by atoms with Crippen molar-refractivity contribution in [1.82, 2.24) is 0 Å². The molecule has 0 aliphatic rings. The molecule has 0 bridgehead atoms. The lowest BCUT2D eigenvalue weighted by molar-refractivity contribution is 0.386. The Morgan fingerprint density at radius 1 is 1.25 bits per heavy atom. The van der Waals surface area contributed by atoms with Crippen LogP contribution in [0, 0.1) is 12.7 Å². The molecule has 2 rings (SSSR count). The molecule has 0 saturated carbocycles. The van der Waals surface area contributed by atoms with Gasteiger partial charge in [-0.25, -0.2) is 4.39 Å². The minimum Gasteiger partial charge on any atom is -0.494 e. The van der Waals surface area contributed by atoms with Crippen molar-refractivity contribution in [2.45, 2.75) is 17.9 Å². The predicted octanol–water partition coefficient (Wildman–Crippen LogP) is 3.93. The molecular weight excluding hydrogens is 273 g/mol. The van der Waals surface area contributed by atoms with E-state index in [2.05, 4.69) is 25.1 Å². The van der Waals surface area contributed by atoms with E-state index >= 15 is 0 Å². The van der Waals surface area contributed by atoms with Gasteiger partial charge in [-0.3, -0.25) is 0 Å². The molecule has 0 amide bonds. The summed E-state index contributed by atoms with van der Waals surface area (Å²) >= 11 is 1.67. The third-order valence-electron chi connectivity index (χ3n) is 3.02. The van der Waals surface area contributed by atoms with Crippen LogP contribution in [-0.2, 0) is 0 Å². The maximum absolute atomic E-state index is 13.6. The highest BCUT2D eigenvalue weighted by atomic mass is 32.2. The highest BCUT2D eigenvalue weighted by Gasteiger charge is 2.10. The molecule has 2 N–H and O–H groups in total. The van der Waals surface area contributed by atoms with Crippen LogP contribution >= 0.6 is 11.8 Å². The first-order valence-electron chi connectivity index (χ1n) is 6.38. The number of halogens is 1. The Kier molecular flexibility index (Phi) is 5.04. The summed E-state index contributed by atoms with van der Waals surface area (Å²) in [5.41, 5.74) is 8.12. The summed E-state index contributed by atoms with van der Waals surface area (Å²) in [4.78, 5) is 1.18. The third kappa shape index (κ3) is 3.74. The van der Waals surface area contributed by atoms with Gasteiger partial charge < -0.3 is 10.5 Å². The van der Waals surface area contributed by atoms with E-state index in [0.717, 1.165) is 5.56 Å². The van der Waals surface area contributed by atoms with Crippen molar-refractivity contribution < 1.29 is 9.13 Å². The van der Waals surface area contributed by atoms with E-state index in [1.165, 1.54) is 23.6 Å². The number of ether oxygens (including phenoxy) is 1. The zero-order valence-electron chi connectivity index (χ0n) is 11.6. The Morgan fingerprint density at radius 3 is 2.70 bits per heavy atom. The maximum atomic E-state index is 13.6. The summed E-state index contributed by atoms with van der Waals surface area (Å²) in [6, 6.07) is 12.9. The fourth-order valence-corrected chi connectivity index (χ4v) is 2.91. The summed E-state index contributed by atoms with van der Waals surface area (Å²) in [6.07, 6.45) is 0. The average Bonchev–Trinajstić information content (AvgIpc) is 2.44. The molecule has 106 valence electrons. The molecule has 0 radical (unpaired) electrons. The van der Waals surface area contributed by atoms with E-state index in [1.807, 2.05) is 12.1 Å². The fraction of sp³-hybridized carbons (Fsp3) is 0.250. The lowest BCUT2D eigenvalue weighted by Crippen LogP contribution is -2.13. The third-order valence-corrected chi connectivity index (χ3v) is 4.14. The number of rotatable bonds is 5. The molecule has 1 unspecified atom stereocenters. The lowest BCUT2D eigenvalue weighted by atomic mass is 10.1. The summed E-state index contributed by atoms with van der Waals surface area (Å²) in [7, 11) is 1.45. The van der Waals surface area contributed by atoms with Crippen molar-refractivity contribution in [2.24, 2.45) is 5.73 Å². The Balaban J connectivity index is 2.01. The standard InChI is InChI=1S/C16H18FNOS/c1-11-4-3-5-13(8-11)20-10-15(18)12-6-7-16(19-2)14(17)9-12/h3-9,15H,10,18H2,1-2H3. The normalized spacial score (nSPS) is 12.2. The molecule has 2 nitrogen and oxygen atoms in total. The monoisotopic (exact) mass is 291 g/mol. The van der Waals surface area contributed by atoms with Gasteiger partial charge in [-0.15, -0.1) is 11.8 Å². The quantitative estimate of drug-likeness (QED) is 0.848. The Bertz CT molecular complexity index is 588. The number of hydrogen-bond acceptors (Lipinski definition) is 3. The topological polar surface area (TPSA) is 35.2 Å². The van der Waals surface area contributed by atoms with Crippen molar-refractivity contribution in [3.05, 3.63) is 59.4 Å². The molecule has 0 saturated heterocycles. The smallest absolute Gasteiger partial charge is 0.165 e. The Hall–Kier alpha value is -1.52. The van der Waals surface area contributed by atoms with Gasteiger partial charge in [0.15, 0.2) is 11.6 Å². The molecule has 2 aromatic carbocycles. The van der Waals surface area contributed by atoms with Gasteiger partial charge in [0.25, 0.3) is 0 Å². The van der Waals surface area contributed by atoms with Crippen molar-refractivity contribution in [2.75, 3.05) is 12.9 Å². The van der Waals surface area contributed by atoms with Gasteiger partial charge in [0.2, 0.25) is 0 Å². The molecular formula is C16H18FNOS. The molecule has 0 aliphatic heterocycles. The fourth-order valence-electron chi connectivity index (χ4n) is 1.90. The van der Waals surface area contributed by atoms with Crippen LogP contribution in [0.25, 0.3) is 0 Å². The van der Waals surface area contributed by atoms with Crippen molar-refractivity contribution >= 4 is 11.8 Å². The molecule has 0 spiro atoms. The Morgan fingerprint density at radius 2 is 2.05 bits per heavy atom. The van der Waals surface area contributed by atoms with Crippen LogP contribution in [0.15, 0.2) is 47.4 Å². The van der Waals surface area contributed by atoms with Crippen LogP contribution in [-0.4, -0.2) is 12.9 Å². The SMILES string of the molecule is COc1ccc(C(N)CSc2cccc(C)c2)cc1F. The van der Waals surface area contributed by atoms with Crippen LogP contribution in [0.2, 0.25) is 0 Å². The van der Waals surface area contributed by atoms with E-state index in [4.69, 9.17) is 10.5 Å². The summed E-state index contributed by atoms with van der Waals surface area (Å²) in [6.45, 7) is 2.06. The average molecular weight is 291 g/mol. The van der Waals surface area contributed by atoms with Gasteiger partial charge in [0.05, 0.1) is 7.11 Å². The van der Waals surface area contributed by atoms with Crippen LogP contribution in [0.1, 0.15) is 17.2 Å². The zero-order valence-corrected chi connectivity index (χ0v) is 12.4. The number of benzene rings is 2. The number of hydrogen-bond donors (Lipinski definition) is 1. The van der Waals surface area contributed by atoms with E-state index in [-0.39, 0.29) is 17.6 Å². The second-order valence-electron chi connectivity index (χ2n) is 4.63. The molecule has 0 aliphatic carbocycles. The van der Waals surface area contributed by atoms with Gasteiger partial charge in [-0.1, -0.05) is 23.8 Å². The minimum atomic E-state index is -0.374. The number of methoxy groups -OCH3 is 1. The zero-order chi connectivity index (χ0) is 14.5. The van der Waals surface area contributed by atoms with Gasteiger partial charge >= 0.3 is 0 Å². The summed E-state index contributed by atoms with van der Waals surface area (Å²) in [5.74, 6) is 0.572. The van der Waals surface area contributed by atoms with Crippen LogP contribution in [0.5, 0.6) is 5.75 Å². The van der Waals surface area contributed by atoms with Crippen LogP contribution in [0.4, 0.5) is 4.39 Å². The minimum absolute atomic E-state index is 0.207. The van der Waals surface area contributed by atoms with Crippen molar-refractivity contribution in [1.29, 1.82) is 0 Å². The first kappa shape index (κ1) is 14.9. The molecule has 0 heterocycles. The highest BCUT2D eigenvalue weighted by Crippen LogP contribution is 2.26. The van der Waals surface area contributed by atoms with Crippen LogP contribution < -0.4 is 10.5 Å². The summed E-state index contributed by atoms with van der Waals surface area (Å²) in [5, 5.41) is 0. The summed E-state index contributed by atoms with van der Waals surface area (Å²) < 4.78 is 18.5.